The van der Waals surface area contributed by atoms with E-state index in [0.717, 1.165) is 73.7 Å². The molecule has 0 saturated carbocycles. The van der Waals surface area contributed by atoms with Crippen molar-refractivity contribution in [3.8, 4) is 56.4 Å². The molecular weight excluding hydrogens is 599 g/mol. The first-order chi connectivity index (χ1) is 24.3. The summed E-state index contributed by atoms with van der Waals surface area (Å²) in [4.78, 5) is 15.6. The number of hydrogen-bond donors (Lipinski definition) is 0. The Morgan fingerprint density at radius 2 is 0.959 bits per heavy atom. The van der Waals surface area contributed by atoms with E-state index in [1.54, 1.807) is 0 Å². The molecule has 2 heterocycles. The summed E-state index contributed by atoms with van der Waals surface area (Å²) in [5.74, 6) is 1.86. The molecule has 1 aliphatic rings. The van der Waals surface area contributed by atoms with Crippen LogP contribution in [0.2, 0.25) is 0 Å². The summed E-state index contributed by atoms with van der Waals surface area (Å²) in [7, 11) is 0. The van der Waals surface area contributed by atoms with Gasteiger partial charge in [0.1, 0.15) is 11.2 Å². The van der Waals surface area contributed by atoms with Gasteiger partial charge in [0.25, 0.3) is 0 Å². The molecule has 232 valence electrons. The highest BCUT2D eigenvalue weighted by Crippen LogP contribution is 2.42. The van der Waals surface area contributed by atoms with Crippen LogP contribution in [0.4, 0.5) is 0 Å². The lowest BCUT2D eigenvalue weighted by Crippen LogP contribution is -2.02. The highest BCUT2D eigenvalue weighted by molar-refractivity contribution is 6.14. The Morgan fingerprint density at radius 1 is 0.429 bits per heavy atom. The number of furan rings is 1. The van der Waals surface area contributed by atoms with Crippen molar-refractivity contribution in [1.82, 2.24) is 15.0 Å². The Bertz CT molecular complexity index is 2410. The average molecular weight is 630 g/mol. The van der Waals surface area contributed by atoms with Crippen molar-refractivity contribution in [2.75, 3.05) is 0 Å². The molecule has 0 saturated heterocycles. The molecule has 0 N–H and O–H groups in total. The second kappa shape index (κ2) is 12.3. The zero-order chi connectivity index (χ0) is 32.6. The molecule has 0 unspecified atom stereocenters. The van der Waals surface area contributed by atoms with Crippen molar-refractivity contribution < 1.29 is 4.42 Å². The minimum atomic E-state index is 0.617. The first kappa shape index (κ1) is 28.8. The van der Waals surface area contributed by atoms with Gasteiger partial charge in [-0.2, -0.15) is 0 Å². The molecule has 0 fully saturated rings. The van der Waals surface area contributed by atoms with E-state index in [1.807, 2.05) is 24.3 Å². The monoisotopic (exact) mass is 629 g/mol. The Morgan fingerprint density at radius 3 is 1.55 bits per heavy atom. The Kier molecular flexibility index (Phi) is 7.25. The SMILES string of the molecule is C1=CC(c2ccc3oc4ccccc4c3c2-c2nc(-c3ccc(-c4ccccc4)cc3)nc(-c3ccc(-c4ccccc4)cc3)n2)=CCC1. The van der Waals surface area contributed by atoms with Crippen LogP contribution < -0.4 is 0 Å². The van der Waals surface area contributed by atoms with E-state index in [2.05, 4.69) is 140 Å². The summed E-state index contributed by atoms with van der Waals surface area (Å²) < 4.78 is 6.39. The lowest BCUT2D eigenvalue weighted by Gasteiger charge is -2.15. The normalized spacial score (nSPS) is 12.8. The summed E-state index contributed by atoms with van der Waals surface area (Å²) in [5, 5.41) is 2.05. The smallest absolute Gasteiger partial charge is 0.165 e. The van der Waals surface area contributed by atoms with Crippen LogP contribution in [0.5, 0.6) is 0 Å². The van der Waals surface area contributed by atoms with Crippen LogP contribution in [-0.2, 0) is 0 Å². The Hall–Kier alpha value is -6.39. The minimum Gasteiger partial charge on any atom is -0.456 e. The van der Waals surface area contributed by atoms with Gasteiger partial charge in [0, 0.05) is 27.5 Å². The maximum atomic E-state index is 6.39. The van der Waals surface area contributed by atoms with E-state index in [4.69, 9.17) is 19.4 Å². The molecule has 6 aromatic carbocycles. The van der Waals surface area contributed by atoms with Gasteiger partial charge in [-0.05, 0) is 64.4 Å². The number of rotatable bonds is 6. The number of fused-ring (bicyclic) bond motifs is 3. The molecule has 0 spiro atoms. The second-order valence-electron chi connectivity index (χ2n) is 12.3. The van der Waals surface area contributed by atoms with Gasteiger partial charge in [-0.15, -0.1) is 0 Å². The van der Waals surface area contributed by atoms with Gasteiger partial charge in [0.15, 0.2) is 17.5 Å². The standard InChI is InChI=1S/C45H31N3O/c1-4-12-30(13-5-1)32-20-24-35(25-21-32)43-46-44(36-26-22-33(23-27-36)31-14-6-2-7-15-31)48-45(47-43)42-37(34-16-8-3-9-17-34)28-29-40-41(42)38-18-10-11-19-39(38)49-40/h1-2,4-8,10-29H,3,9H2. The first-order valence-electron chi connectivity index (χ1n) is 16.7. The number of aromatic nitrogens is 3. The Labute approximate surface area is 284 Å². The van der Waals surface area contributed by atoms with Gasteiger partial charge < -0.3 is 4.42 Å². The van der Waals surface area contributed by atoms with Crippen LogP contribution in [0, 0.1) is 0 Å². The van der Waals surface area contributed by atoms with Gasteiger partial charge in [-0.25, -0.2) is 15.0 Å². The third-order valence-electron chi connectivity index (χ3n) is 9.21. The van der Waals surface area contributed by atoms with Crippen molar-refractivity contribution in [2.24, 2.45) is 0 Å². The van der Waals surface area contributed by atoms with Crippen LogP contribution in [-0.4, -0.2) is 15.0 Å². The van der Waals surface area contributed by atoms with Crippen molar-refractivity contribution >= 4 is 27.5 Å². The first-order valence-corrected chi connectivity index (χ1v) is 16.7. The lowest BCUT2D eigenvalue weighted by atomic mass is 9.91. The van der Waals surface area contributed by atoms with Crippen molar-refractivity contribution in [3.63, 3.8) is 0 Å². The van der Waals surface area contributed by atoms with Crippen molar-refractivity contribution in [2.45, 2.75) is 12.8 Å². The largest absolute Gasteiger partial charge is 0.456 e. The molecule has 4 nitrogen and oxygen atoms in total. The topological polar surface area (TPSA) is 51.8 Å². The quantitative estimate of drug-likeness (QED) is 0.184. The maximum absolute atomic E-state index is 6.39. The average Bonchev–Trinajstić information content (AvgIpc) is 3.57. The second-order valence-corrected chi connectivity index (χ2v) is 12.3. The van der Waals surface area contributed by atoms with Crippen LogP contribution in [0.15, 0.2) is 168 Å². The molecule has 4 heteroatoms. The fourth-order valence-corrected chi connectivity index (χ4v) is 6.73. The number of allylic oxidation sites excluding steroid dienone is 4. The highest BCUT2D eigenvalue weighted by Gasteiger charge is 2.22. The van der Waals surface area contributed by atoms with Crippen LogP contribution >= 0.6 is 0 Å². The lowest BCUT2D eigenvalue weighted by molar-refractivity contribution is 0.669. The molecule has 0 bridgehead atoms. The number of nitrogens with zero attached hydrogens (tertiary/aromatic N) is 3. The van der Waals surface area contributed by atoms with E-state index < -0.39 is 0 Å². The molecule has 1 aliphatic carbocycles. The molecule has 49 heavy (non-hydrogen) atoms. The third-order valence-corrected chi connectivity index (χ3v) is 9.21. The molecule has 0 amide bonds. The molecule has 0 aliphatic heterocycles. The molecule has 0 atom stereocenters. The predicted octanol–water partition coefficient (Wildman–Crippen LogP) is 11.8. The predicted molar refractivity (Wildman–Crippen MR) is 201 cm³/mol. The van der Waals surface area contributed by atoms with E-state index in [1.165, 1.54) is 11.1 Å². The van der Waals surface area contributed by atoms with E-state index in [9.17, 15) is 0 Å². The van der Waals surface area contributed by atoms with E-state index >= 15 is 0 Å². The van der Waals surface area contributed by atoms with Gasteiger partial charge in [0.2, 0.25) is 0 Å². The highest BCUT2D eigenvalue weighted by atomic mass is 16.3. The number of para-hydroxylation sites is 1. The molecule has 0 radical (unpaired) electrons. The van der Waals surface area contributed by atoms with Crippen molar-refractivity contribution in [1.29, 1.82) is 0 Å². The van der Waals surface area contributed by atoms with Gasteiger partial charge in [-0.3, -0.25) is 0 Å². The van der Waals surface area contributed by atoms with Crippen LogP contribution in [0.1, 0.15) is 18.4 Å². The summed E-state index contributed by atoms with van der Waals surface area (Å²) in [5.41, 5.74) is 11.3. The zero-order valence-corrected chi connectivity index (χ0v) is 26.8. The summed E-state index contributed by atoms with van der Waals surface area (Å²) in [6, 6.07) is 50.2. The van der Waals surface area contributed by atoms with Gasteiger partial charge >= 0.3 is 0 Å². The summed E-state index contributed by atoms with van der Waals surface area (Å²) in [6.07, 6.45) is 8.78. The summed E-state index contributed by atoms with van der Waals surface area (Å²) in [6.45, 7) is 0. The third kappa shape index (κ3) is 5.43. The van der Waals surface area contributed by atoms with Gasteiger partial charge in [-0.1, -0.05) is 146 Å². The molecular formula is C45H31N3O. The number of benzene rings is 6. The zero-order valence-electron chi connectivity index (χ0n) is 26.8. The fourth-order valence-electron chi connectivity index (χ4n) is 6.73. The molecule has 9 rings (SSSR count). The number of hydrogen-bond acceptors (Lipinski definition) is 4. The summed E-state index contributed by atoms with van der Waals surface area (Å²) >= 11 is 0. The van der Waals surface area contributed by atoms with Crippen LogP contribution in [0.3, 0.4) is 0 Å². The van der Waals surface area contributed by atoms with E-state index in [-0.39, 0.29) is 0 Å². The minimum absolute atomic E-state index is 0.617. The fraction of sp³-hybridized carbons (Fsp3) is 0.0444. The Balaban J connectivity index is 1.27. The van der Waals surface area contributed by atoms with Gasteiger partial charge in [0.05, 0.1) is 0 Å². The van der Waals surface area contributed by atoms with E-state index in [0.29, 0.717) is 17.5 Å². The molecule has 2 aromatic heterocycles. The maximum Gasteiger partial charge on any atom is 0.165 e. The van der Waals surface area contributed by atoms with Crippen LogP contribution in [0.25, 0.3) is 83.9 Å². The van der Waals surface area contributed by atoms with Crippen molar-refractivity contribution in [3.05, 3.63) is 169 Å². The molecule has 8 aromatic rings.